The molecule has 22 heavy (non-hydrogen) atoms. The highest BCUT2D eigenvalue weighted by atomic mass is 32.2. The van der Waals surface area contributed by atoms with E-state index in [0.29, 0.717) is 11.5 Å². The maximum absolute atomic E-state index is 12.5. The maximum atomic E-state index is 12.5. The van der Waals surface area contributed by atoms with Crippen LogP contribution in [0.2, 0.25) is 0 Å². The van der Waals surface area contributed by atoms with E-state index in [2.05, 4.69) is 20.2 Å². The minimum Gasteiger partial charge on any atom is -0.369 e. The minimum atomic E-state index is -3.63. The third-order valence-electron chi connectivity index (χ3n) is 3.35. The Labute approximate surface area is 126 Å². The van der Waals surface area contributed by atoms with Crippen molar-refractivity contribution in [1.29, 1.82) is 0 Å². The Bertz CT molecular complexity index is 814. The Morgan fingerprint density at radius 2 is 2.27 bits per heavy atom. The second kappa shape index (κ2) is 5.63. The van der Waals surface area contributed by atoms with E-state index in [9.17, 15) is 13.2 Å². The van der Waals surface area contributed by atoms with E-state index in [0.717, 1.165) is 0 Å². The lowest BCUT2D eigenvalue weighted by Gasteiger charge is -2.31. The average Bonchev–Trinajstić information content (AvgIpc) is 3.01. The summed E-state index contributed by atoms with van der Waals surface area (Å²) in [6, 6.07) is 1.33. The minimum absolute atomic E-state index is 0.100. The molecule has 0 aliphatic carbocycles. The third-order valence-corrected chi connectivity index (χ3v) is 5.18. The number of H-pyrrole nitrogens is 2. The molecule has 3 rings (SSSR count). The summed E-state index contributed by atoms with van der Waals surface area (Å²) in [6.45, 7) is 2.23. The molecular weight excluding hydrogens is 310 g/mol. The van der Waals surface area contributed by atoms with Crippen LogP contribution in [0.5, 0.6) is 0 Å². The fraction of sp³-hybridized carbons (Fsp3) is 0.417. The number of nitrogens with zero attached hydrogens (tertiary/aromatic N) is 3. The highest BCUT2D eigenvalue weighted by molar-refractivity contribution is 7.89. The second-order valence-corrected chi connectivity index (χ2v) is 6.85. The van der Waals surface area contributed by atoms with Crippen molar-refractivity contribution in [3.05, 3.63) is 40.3 Å². The number of sulfonamides is 1. The van der Waals surface area contributed by atoms with Crippen LogP contribution in [0.4, 0.5) is 0 Å². The van der Waals surface area contributed by atoms with Gasteiger partial charge in [0, 0.05) is 25.4 Å². The Kier molecular flexibility index (Phi) is 3.81. The van der Waals surface area contributed by atoms with Gasteiger partial charge in [-0.3, -0.25) is 9.89 Å². The lowest BCUT2D eigenvalue weighted by molar-refractivity contribution is -0.00515. The number of nitrogens with one attached hydrogen (secondary N) is 2. The van der Waals surface area contributed by atoms with Crippen LogP contribution < -0.4 is 5.56 Å². The van der Waals surface area contributed by atoms with E-state index in [1.54, 1.807) is 6.92 Å². The van der Waals surface area contributed by atoms with Crippen molar-refractivity contribution in [3.8, 4) is 0 Å². The molecule has 3 heterocycles. The summed E-state index contributed by atoms with van der Waals surface area (Å²) in [4.78, 5) is 18.4. The zero-order valence-corrected chi connectivity index (χ0v) is 12.6. The van der Waals surface area contributed by atoms with Crippen molar-refractivity contribution in [1.82, 2.24) is 24.5 Å². The van der Waals surface area contributed by atoms with Crippen LogP contribution in [-0.4, -0.2) is 52.6 Å². The molecular formula is C12H15N5O4S. The summed E-state index contributed by atoms with van der Waals surface area (Å²) in [5.74, 6) is 0.459. The van der Waals surface area contributed by atoms with Gasteiger partial charge in [0.05, 0.1) is 18.5 Å². The second-order valence-electron chi connectivity index (χ2n) is 4.91. The Morgan fingerprint density at radius 1 is 1.45 bits per heavy atom. The summed E-state index contributed by atoms with van der Waals surface area (Å²) < 4.78 is 31.8. The monoisotopic (exact) mass is 325 g/mol. The van der Waals surface area contributed by atoms with Gasteiger partial charge in [-0.15, -0.1) is 0 Å². The van der Waals surface area contributed by atoms with Crippen LogP contribution >= 0.6 is 0 Å². The molecule has 1 atom stereocenters. The molecule has 1 saturated heterocycles. The Hall–Kier alpha value is -2.04. The smallest absolute Gasteiger partial charge is 0.251 e. The van der Waals surface area contributed by atoms with Gasteiger partial charge in [0.1, 0.15) is 16.8 Å². The van der Waals surface area contributed by atoms with Gasteiger partial charge < -0.3 is 9.72 Å². The molecule has 0 amide bonds. The SMILES string of the molecule is Cc1nc(C2CN(S(=O)(=O)c3cn[nH]c3)CCO2)cc(=O)[nH]1. The van der Waals surface area contributed by atoms with E-state index in [-0.39, 0.29) is 30.2 Å². The number of ether oxygens (including phenoxy) is 1. The van der Waals surface area contributed by atoms with Crippen LogP contribution in [-0.2, 0) is 14.8 Å². The Balaban J connectivity index is 1.87. The van der Waals surface area contributed by atoms with Gasteiger partial charge in [0.15, 0.2) is 0 Å². The van der Waals surface area contributed by atoms with Gasteiger partial charge in [0.25, 0.3) is 5.56 Å². The summed E-state index contributed by atoms with van der Waals surface area (Å²) in [5, 5.41) is 6.15. The van der Waals surface area contributed by atoms with Crippen molar-refractivity contribution in [2.75, 3.05) is 19.7 Å². The number of hydrogen-bond acceptors (Lipinski definition) is 6. The lowest BCUT2D eigenvalue weighted by atomic mass is 10.2. The molecule has 2 aromatic rings. The van der Waals surface area contributed by atoms with Crippen LogP contribution in [0.25, 0.3) is 0 Å². The molecule has 0 saturated carbocycles. The van der Waals surface area contributed by atoms with Crippen LogP contribution in [0, 0.1) is 6.92 Å². The van der Waals surface area contributed by atoms with Crippen molar-refractivity contribution in [2.45, 2.75) is 17.9 Å². The Morgan fingerprint density at radius 3 is 2.95 bits per heavy atom. The van der Waals surface area contributed by atoms with Gasteiger partial charge in [-0.25, -0.2) is 13.4 Å². The molecule has 0 spiro atoms. The summed E-state index contributed by atoms with van der Waals surface area (Å²) in [6.07, 6.45) is 2.02. The predicted molar refractivity (Wildman–Crippen MR) is 75.6 cm³/mol. The zero-order chi connectivity index (χ0) is 15.7. The highest BCUT2D eigenvalue weighted by Crippen LogP contribution is 2.24. The average molecular weight is 325 g/mol. The molecule has 0 radical (unpaired) electrons. The van der Waals surface area contributed by atoms with E-state index >= 15 is 0 Å². The number of aromatic nitrogens is 4. The quantitative estimate of drug-likeness (QED) is 0.789. The predicted octanol–water partition coefficient (Wildman–Crippen LogP) is -0.436. The van der Waals surface area contributed by atoms with Crippen LogP contribution in [0.1, 0.15) is 17.6 Å². The van der Waals surface area contributed by atoms with Crippen molar-refractivity contribution >= 4 is 10.0 Å². The summed E-state index contributed by atoms with van der Waals surface area (Å²) >= 11 is 0. The largest absolute Gasteiger partial charge is 0.369 e. The van der Waals surface area contributed by atoms with Crippen molar-refractivity contribution in [3.63, 3.8) is 0 Å². The van der Waals surface area contributed by atoms with E-state index in [1.165, 1.54) is 22.8 Å². The van der Waals surface area contributed by atoms with Crippen LogP contribution in [0.3, 0.4) is 0 Å². The first-order chi connectivity index (χ1) is 10.5. The molecule has 1 unspecified atom stereocenters. The number of morpholine rings is 1. The normalized spacial score (nSPS) is 20.1. The van der Waals surface area contributed by atoms with Crippen LogP contribution in [0.15, 0.2) is 28.2 Å². The third kappa shape index (κ3) is 2.80. The number of hydrogen-bond donors (Lipinski definition) is 2. The van der Waals surface area contributed by atoms with E-state index < -0.39 is 16.1 Å². The van der Waals surface area contributed by atoms with Crippen molar-refractivity contribution in [2.24, 2.45) is 0 Å². The molecule has 1 fully saturated rings. The topological polar surface area (TPSA) is 121 Å². The molecule has 0 bridgehead atoms. The van der Waals surface area contributed by atoms with E-state index in [4.69, 9.17) is 4.74 Å². The molecule has 9 nitrogen and oxygen atoms in total. The lowest BCUT2D eigenvalue weighted by Crippen LogP contribution is -2.42. The molecule has 1 aliphatic rings. The standard InChI is InChI=1S/C12H15N5O4S/c1-8-15-10(4-12(18)16-8)11-7-17(2-3-21-11)22(19,20)9-5-13-14-6-9/h4-6,11H,2-3,7H2,1H3,(H,13,14)(H,15,16,18). The van der Waals surface area contributed by atoms with Gasteiger partial charge in [-0.2, -0.15) is 9.40 Å². The van der Waals surface area contributed by atoms with Gasteiger partial charge >= 0.3 is 0 Å². The molecule has 10 heteroatoms. The maximum Gasteiger partial charge on any atom is 0.251 e. The first-order valence-electron chi connectivity index (χ1n) is 6.65. The number of aromatic amines is 2. The molecule has 118 valence electrons. The molecule has 2 aromatic heterocycles. The zero-order valence-electron chi connectivity index (χ0n) is 11.8. The van der Waals surface area contributed by atoms with Gasteiger partial charge in [-0.05, 0) is 6.92 Å². The first kappa shape index (κ1) is 14.9. The number of rotatable bonds is 3. The van der Waals surface area contributed by atoms with E-state index in [1.807, 2.05) is 0 Å². The van der Waals surface area contributed by atoms with Gasteiger partial charge in [-0.1, -0.05) is 0 Å². The number of aryl methyl sites for hydroxylation is 1. The molecule has 2 N–H and O–H groups in total. The molecule has 1 aliphatic heterocycles. The van der Waals surface area contributed by atoms with Crippen molar-refractivity contribution < 1.29 is 13.2 Å². The summed E-state index contributed by atoms with van der Waals surface area (Å²) in [5.41, 5.74) is 0.134. The fourth-order valence-electron chi connectivity index (χ4n) is 2.32. The highest BCUT2D eigenvalue weighted by Gasteiger charge is 2.32. The summed E-state index contributed by atoms with van der Waals surface area (Å²) in [7, 11) is -3.63. The fourth-order valence-corrected chi connectivity index (χ4v) is 3.65. The molecule has 0 aromatic carbocycles. The first-order valence-corrected chi connectivity index (χ1v) is 8.09. The van der Waals surface area contributed by atoms with Gasteiger partial charge in [0.2, 0.25) is 10.0 Å².